The first kappa shape index (κ1) is 33.9. The number of hydrogen-bond acceptors (Lipinski definition) is 2. The highest BCUT2D eigenvalue weighted by Gasteiger charge is 2.23. The van der Waals surface area contributed by atoms with E-state index in [2.05, 4.69) is 64.8 Å². The largest absolute Gasteiger partial charge is 0.458 e. The molecule has 0 aromatic heterocycles. The maximum Gasteiger partial charge on any atom is 0.127 e. The van der Waals surface area contributed by atoms with E-state index in [-0.39, 0.29) is 5.41 Å². The third-order valence-electron chi connectivity index (χ3n) is 4.71. The molecule has 192 valence electrons. The maximum absolute atomic E-state index is 5.87. The van der Waals surface area contributed by atoms with Gasteiger partial charge in [-0.15, -0.1) is 0 Å². The van der Waals surface area contributed by atoms with Crippen molar-refractivity contribution in [3.63, 3.8) is 0 Å². The van der Waals surface area contributed by atoms with Crippen molar-refractivity contribution in [2.75, 3.05) is 0 Å². The first-order valence-corrected chi connectivity index (χ1v) is 12.8. The minimum absolute atomic E-state index is 0.157. The molecule has 0 aliphatic rings. The van der Waals surface area contributed by atoms with Crippen molar-refractivity contribution in [1.29, 1.82) is 0 Å². The molecule has 2 heteroatoms. The Morgan fingerprint density at radius 3 is 1.37 bits per heavy atom. The Kier molecular flexibility index (Phi) is 19.5. The van der Waals surface area contributed by atoms with Gasteiger partial charge in [-0.3, -0.25) is 0 Å². The van der Waals surface area contributed by atoms with Crippen LogP contribution in [0.1, 0.15) is 79.9 Å². The van der Waals surface area contributed by atoms with Gasteiger partial charge in [0, 0.05) is 5.41 Å². The third-order valence-corrected chi connectivity index (χ3v) is 4.71. The minimum Gasteiger partial charge on any atom is -0.458 e. The van der Waals surface area contributed by atoms with Crippen LogP contribution < -0.4 is 9.47 Å². The summed E-state index contributed by atoms with van der Waals surface area (Å²) in [4.78, 5) is 0. The summed E-state index contributed by atoms with van der Waals surface area (Å²) in [6.07, 6.45) is 9.77. The third kappa shape index (κ3) is 11.6. The maximum atomic E-state index is 5.87. The Hall–Kier alpha value is -3.26. The Morgan fingerprint density at radius 2 is 1.06 bits per heavy atom. The van der Waals surface area contributed by atoms with Crippen LogP contribution in [0.3, 0.4) is 0 Å². The first-order chi connectivity index (χ1) is 16.9. The molecule has 35 heavy (non-hydrogen) atoms. The van der Waals surface area contributed by atoms with E-state index in [9.17, 15) is 0 Å². The van der Waals surface area contributed by atoms with Crippen LogP contribution in [0, 0.1) is 0 Å². The lowest BCUT2D eigenvalue weighted by atomic mass is 9.78. The summed E-state index contributed by atoms with van der Waals surface area (Å²) in [5.41, 5.74) is 2.25. The van der Waals surface area contributed by atoms with Gasteiger partial charge in [0.05, 0.1) is 0 Å². The smallest absolute Gasteiger partial charge is 0.127 e. The van der Waals surface area contributed by atoms with E-state index < -0.39 is 0 Å². The fourth-order valence-corrected chi connectivity index (χ4v) is 2.95. The minimum atomic E-state index is -0.157. The number of benzene rings is 2. The SMILES string of the molecule is C=C/C=C(\C=C)Oc1ccc(C(C)(C)c2ccc(O/C(C=C)=C/CC)cc2)cc1.CC.CC.CC. The van der Waals surface area contributed by atoms with Gasteiger partial charge in [-0.25, -0.2) is 0 Å². The van der Waals surface area contributed by atoms with Crippen molar-refractivity contribution >= 4 is 0 Å². The number of ether oxygens (including phenoxy) is 2. The zero-order chi connectivity index (χ0) is 27.3. The molecule has 0 bridgehead atoms. The van der Waals surface area contributed by atoms with Crippen LogP contribution in [0.15, 0.2) is 110 Å². The van der Waals surface area contributed by atoms with Crippen LogP contribution >= 0.6 is 0 Å². The van der Waals surface area contributed by atoms with E-state index in [1.807, 2.05) is 71.9 Å². The molecule has 0 saturated carbocycles. The number of rotatable bonds is 10. The number of hydrogen-bond donors (Lipinski definition) is 0. The molecule has 0 atom stereocenters. The summed E-state index contributed by atoms with van der Waals surface area (Å²) in [5, 5.41) is 0. The Bertz CT molecular complexity index is 895. The van der Waals surface area contributed by atoms with Gasteiger partial charge in [0.25, 0.3) is 0 Å². The zero-order valence-electron chi connectivity index (χ0n) is 23.7. The molecule has 0 amide bonds. The summed E-state index contributed by atoms with van der Waals surface area (Å²) in [7, 11) is 0. The molecule has 0 N–H and O–H groups in total. The standard InChI is InChI=1S/C27H30O2.3C2H6/c1-7-11-23(9-3)28-25-17-13-21(14-18-25)27(5,6)22-15-19-26(20-16-22)29-24(10-4)12-8-2;3*1-2/h7,9-20H,1,3-4,8H2,2,5-6H3;3*1-2H3/b23-11+,24-12+;;;. The van der Waals surface area contributed by atoms with Crippen LogP contribution in [-0.4, -0.2) is 0 Å². The van der Waals surface area contributed by atoms with Crippen molar-refractivity contribution in [1.82, 2.24) is 0 Å². The average molecular weight is 477 g/mol. The zero-order valence-corrected chi connectivity index (χ0v) is 23.7. The van der Waals surface area contributed by atoms with E-state index in [0.717, 1.165) is 23.7 Å². The van der Waals surface area contributed by atoms with Gasteiger partial charge in [-0.1, -0.05) is 112 Å². The van der Waals surface area contributed by atoms with E-state index in [1.54, 1.807) is 24.3 Å². The van der Waals surface area contributed by atoms with Crippen molar-refractivity contribution in [3.05, 3.63) is 121 Å². The van der Waals surface area contributed by atoms with Crippen molar-refractivity contribution in [2.45, 2.75) is 74.1 Å². The summed E-state index contributed by atoms with van der Waals surface area (Å²) >= 11 is 0. The van der Waals surface area contributed by atoms with Gasteiger partial charge < -0.3 is 9.47 Å². The highest BCUT2D eigenvalue weighted by Crippen LogP contribution is 2.33. The van der Waals surface area contributed by atoms with Crippen LogP contribution in [0.4, 0.5) is 0 Å². The molecule has 0 saturated heterocycles. The van der Waals surface area contributed by atoms with Gasteiger partial charge >= 0.3 is 0 Å². The molecule has 2 aromatic carbocycles. The fourth-order valence-electron chi connectivity index (χ4n) is 2.95. The average Bonchev–Trinajstić information content (AvgIpc) is 2.92. The van der Waals surface area contributed by atoms with Gasteiger partial charge in [0.2, 0.25) is 0 Å². The van der Waals surface area contributed by atoms with E-state index in [4.69, 9.17) is 9.47 Å². The molecule has 0 heterocycles. The predicted molar refractivity (Wildman–Crippen MR) is 157 cm³/mol. The monoisotopic (exact) mass is 476 g/mol. The van der Waals surface area contributed by atoms with Gasteiger partial charge in [-0.2, -0.15) is 0 Å². The quantitative estimate of drug-likeness (QED) is 0.251. The molecule has 2 nitrogen and oxygen atoms in total. The molecule has 2 rings (SSSR count). The van der Waals surface area contributed by atoms with Gasteiger partial charge in [-0.05, 0) is 66.1 Å². The van der Waals surface area contributed by atoms with Crippen molar-refractivity contribution < 1.29 is 9.47 Å². The Labute approximate surface area is 216 Å². The topological polar surface area (TPSA) is 18.5 Å². The Balaban J connectivity index is 0. The van der Waals surface area contributed by atoms with Crippen molar-refractivity contribution in [3.8, 4) is 11.5 Å². The molecule has 0 spiro atoms. The molecular formula is C33H48O2. The Morgan fingerprint density at radius 1 is 0.686 bits per heavy atom. The molecule has 0 radical (unpaired) electrons. The lowest BCUT2D eigenvalue weighted by Crippen LogP contribution is -2.18. The van der Waals surface area contributed by atoms with Gasteiger partial charge in [0.1, 0.15) is 23.0 Å². The van der Waals surface area contributed by atoms with Crippen LogP contribution in [-0.2, 0) is 5.41 Å². The summed E-state index contributed by atoms with van der Waals surface area (Å²) in [5.74, 6) is 3.01. The van der Waals surface area contributed by atoms with E-state index in [0.29, 0.717) is 5.76 Å². The molecule has 0 aliphatic carbocycles. The fraction of sp³-hybridized carbons (Fsp3) is 0.333. The first-order valence-electron chi connectivity index (χ1n) is 12.8. The molecule has 0 unspecified atom stereocenters. The van der Waals surface area contributed by atoms with Crippen molar-refractivity contribution in [2.24, 2.45) is 0 Å². The second-order valence-corrected chi connectivity index (χ2v) is 7.11. The van der Waals surface area contributed by atoms with Crippen LogP contribution in [0.2, 0.25) is 0 Å². The normalized spacial score (nSPS) is 10.7. The number of allylic oxidation sites excluding steroid dienone is 5. The lowest BCUT2D eigenvalue weighted by Gasteiger charge is -2.26. The van der Waals surface area contributed by atoms with E-state index in [1.165, 1.54) is 11.1 Å². The molecular weight excluding hydrogens is 428 g/mol. The second kappa shape index (κ2) is 20.1. The highest BCUT2D eigenvalue weighted by atomic mass is 16.5. The van der Waals surface area contributed by atoms with Gasteiger partial charge in [0.15, 0.2) is 0 Å². The molecule has 2 aromatic rings. The summed E-state index contributed by atoms with van der Waals surface area (Å²) in [6.45, 7) is 29.7. The van der Waals surface area contributed by atoms with Crippen LogP contribution in [0.25, 0.3) is 0 Å². The molecule has 0 aliphatic heterocycles. The highest BCUT2D eigenvalue weighted by molar-refractivity contribution is 5.42. The van der Waals surface area contributed by atoms with Crippen LogP contribution in [0.5, 0.6) is 11.5 Å². The lowest BCUT2D eigenvalue weighted by molar-refractivity contribution is 0.441. The van der Waals surface area contributed by atoms with E-state index >= 15 is 0 Å². The summed E-state index contributed by atoms with van der Waals surface area (Å²) in [6, 6.07) is 16.3. The summed E-state index contributed by atoms with van der Waals surface area (Å²) < 4.78 is 11.7. The molecule has 0 fully saturated rings. The predicted octanol–water partition coefficient (Wildman–Crippen LogP) is 10.6. The second-order valence-electron chi connectivity index (χ2n) is 7.11.